The van der Waals surface area contributed by atoms with Crippen LogP contribution < -0.4 is 5.32 Å². The summed E-state index contributed by atoms with van der Waals surface area (Å²) in [6.45, 7) is 7.92. The molecule has 118 valence electrons. The molecular weight excluding hydrogens is 278 g/mol. The molecule has 2 N–H and O–H groups in total. The summed E-state index contributed by atoms with van der Waals surface area (Å²) in [4.78, 5) is 24.0. The second-order valence-corrected chi connectivity index (χ2v) is 6.31. The van der Waals surface area contributed by atoms with Gasteiger partial charge in [0.25, 0.3) is 0 Å². The van der Waals surface area contributed by atoms with Crippen molar-refractivity contribution in [2.45, 2.75) is 40.5 Å². The average molecular weight is 301 g/mol. The van der Waals surface area contributed by atoms with Gasteiger partial charge in [-0.1, -0.05) is 17.2 Å². The number of carboxylic acids is 1. The Balaban J connectivity index is 2.19. The van der Waals surface area contributed by atoms with Crippen LogP contribution in [0.15, 0.2) is 29.3 Å². The van der Waals surface area contributed by atoms with E-state index in [9.17, 15) is 14.7 Å². The number of nitrogens with one attached hydrogen (secondary N) is 1. The van der Waals surface area contributed by atoms with Gasteiger partial charge in [0, 0.05) is 5.69 Å². The first-order chi connectivity index (χ1) is 10.3. The Bertz CT molecular complexity index is 646. The third-order valence-corrected chi connectivity index (χ3v) is 4.69. The molecule has 0 spiro atoms. The molecule has 2 atom stereocenters. The largest absolute Gasteiger partial charge is 0.481 e. The molecule has 1 aliphatic carbocycles. The summed E-state index contributed by atoms with van der Waals surface area (Å²) in [5.74, 6) is -2.26. The first-order valence-corrected chi connectivity index (χ1v) is 7.55. The number of aliphatic carboxylic acids is 1. The molecule has 1 aromatic carbocycles. The van der Waals surface area contributed by atoms with E-state index in [0.29, 0.717) is 12.8 Å². The molecule has 0 bridgehead atoms. The monoisotopic (exact) mass is 301 g/mol. The van der Waals surface area contributed by atoms with Crippen LogP contribution in [0.2, 0.25) is 0 Å². The number of allylic oxidation sites excluding steroid dienone is 2. The first kappa shape index (κ1) is 16.3. The van der Waals surface area contributed by atoms with Gasteiger partial charge in [0.1, 0.15) is 0 Å². The van der Waals surface area contributed by atoms with Gasteiger partial charge in [-0.25, -0.2) is 0 Å². The highest BCUT2D eigenvalue weighted by molar-refractivity contribution is 5.95. The lowest BCUT2D eigenvalue weighted by atomic mass is 9.76. The van der Waals surface area contributed by atoms with Crippen LogP contribution in [0.1, 0.15) is 37.8 Å². The van der Waals surface area contributed by atoms with Crippen molar-refractivity contribution in [1.29, 1.82) is 0 Å². The van der Waals surface area contributed by atoms with E-state index < -0.39 is 17.8 Å². The molecule has 0 saturated carbocycles. The number of anilines is 1. The molecule has 0 fully saturated rings. The summed E-state index contributed by atoms with van der Waals surface area (Å²) < 4.78 is 0. The number of rotatable bonds is 3. The topological polar surface area (TPSA) is 66.4 Å². The van der Waals surface area contributed by atoms with Crippen molar-refractivity contribution in [3.63, 3.8) is 0 Å². The Hall–Kier alpha value is -2.10. The minimum absolute atomic E-state index is 0.206. The summed E-state index contributed by atoms with van der Waals surface area (Å²) in [6.07, 6.45) is 0.964. The number of carbonyl (C=O) groups excluding carboxylic acids is 1. The Labute approximate surface area is 131 Å². The molecule has 4 nitrogen and oxygen atoms in total. The molecule has 1 aromatic rings. The van der Waals surface area contributed by atoms with Crippen LogP contribution in [0.5, 0.6) is 0 Å². The van der Waals surface area contributed by atoms with Gasteiger partial charge in [-0.3, -0.25) is 9.59 Å². The lowest BCUT2D eigenvalue weighted by molar-refractivity contribution is -0.146. The molecular formula is C18H23NO3. The van der Waals surface area contributed by atoms with Gasteiger partial charge in [-0.05, 0) is 63.8 Å². The van der Waals surface area contributed by atoms with E-state index in [2.05, 4.69) is 5.32 Å². The second-order valence-electron chi connectivity index (χ2n) is 6.31. The summed E-state index contributed by atoms with van der Waals surface area (Å²) in [6, 6.07) is 5.72. The highest BCUT2D eigenvalue weighted by atomic mass is 16.4. The molecule has 0 saturated heterocycles. The molecule has 1 amide bonds. The van der Waals surface area contributed by atoms with Gasteiger partial charge in [-0.2, -0.15) is 0 Å². The fraction of sp³-hybridized carbons (Fsp3) is 0.444. The number of aryl methyl sites for hydroxylation is 2. The summed E-state index contributed by atoms with van der Waals surface area (Å²) in [7, 11) is 0. The van der Waals surface area contributed by atoms with Crippen molar-refractivity contribution in [1.82, 2.24) is 0 Å². The lowest BCUT2D eigenvalue weighted by Crippen LogP contribution is -2.36. The van der Waals surface area contributed by atoms with E-state index in [4.69, 9.17) is 0 Å². The van der Waals surface area contributed by atoms with E-state index in [0.717, 1.165) is 28.0 Å². The number of carboxylic acid groups (broad SMARTS) is 1. The quantitative estimate of drug-likeness (QED) is 0.837. The molecule has 0 unspecified atom stereocenters. The second kappa shape index (κ2) is 6.34. The summed E-state index contributed by atoms with van der Waals surface area (Å²) in [5, 5.41) is 12.3. The zero-order valence-corrected chi connectivity index (χ0v) is 13.6. The van der Waals surface area contributed by atoms with Crippen LogP contribution in [-0.2, 0) is 9.59 Å². The van der Waals surface area contributed by atoms with Gasteiger partial charge in [0.05, 0.1) is 11.8 Å². The number of amides is 1. The van der Waals surface area contributed by atoms with Crippen molar-refractivity contribution < 1.29 is 14.7 Å². The number of hydrogen-bond acceptors (Lipinski definition) is 2. The van der Waals surface area contributed by atoms with Crippen LogP contribution in [0, 0.1) is 25.7 Å². The maximum Gasteiger partial charge on any atom is 0.307 e. The van der Waals surface area contributed by atoms with E-state index >= 15 is 0 Å². The predicted molar refractivity (Wildman–Crippen MR) is 86.8 cm³/mol. The Kier molecular flexibility index (Phi) is 4.69. The van der Waals surface area contributed by atoms with Gasteiger partial charge in [0.2, 0.25) is 5.91 Å². The number of hydrogen-bond donors (Lipinski definition) is 2. The molecule has 2 rings (SSSR count). The molecule has 0 aliphatic heterocycles. The highest BCUT2D eigenvalue weighted by Crippen LogP contribution is 2.35. The minimum Gasteiger partial charge on any atom is -0.481 e. The van der Waals surface area contributed by atoms with Crippen LogP contribution in [0.4, 0.5) is 5.69 Å². The van der Waals surface area contributed by atoms with Crippen LogP contribution >= 0.6 is 0 Å². The maximum absolute atomic E-state index is 12.5. The number of carbonyl (C=O) groups is 2. The third-order valence-electron chi connectivity index (χ3n) is 4.69. The molecule has 0 heterocycles. The van der Waals surface area contributed by atoms with Gasteiger partial charge in [0.15, 0.2) is 0 Å². The van der Waals surface area contributed by atoms with E-state index in [-0.39, 0.29) is 5.91 Å². The zero-order chi connectivity index (χ0) is 16.4. The Morgan fingerprint density at radius 1 is 1.00 bits per heavy atom. The third kappa shape index (κ3) is 3.38. The standard InChI is InChI=1S/C18H23NO3/c1-10-5-6-14(7-11(10)2)19-17(20)15-8-12(3)13(4)9-16(15)18(21)22/h5-7,15-16H,8-9H2,1-4H3,(H,19,20)(H,21,22)/t15-,16+/m1/s1. The molecule has 1 aliphatic rings. The minimum atomic E-state index is -0.896. The van der Waals surface area contributed by atoms with Crippen LogP contribution in [0.3, 0.4) is 0 Å². The first-order valence-electron chi connectivity index (χ1n) is 7.55. The lowest BCUT2D eigenvalue weighted by Gasteiger charge is -2.29. The maximum atomic E-state index is 12.5. The summed E-state index contributed by atoms with van der Waals surface area (Å²) in [5.41, 5.74) is 5.19. The number of benzene rings is 1. The van der Waals surface area contributed by atoms with Crippen molar-refractivity contribution in [2.24, 2.45) is 11.8 Å². The normalized spacial score (nSPS) is 21.6. The Morgan fingerprint density at radius 2 is 1.59 bits per heavy atom. The highest BCUT2D eigenvalue weighted by Gasteiger charge is 2.37. The molecule has 0 aromatic heterocycles. The average Bonchev–Trinajstić information content (AvgIpc) is 2.45. The molecule has 0 radical (unpaired) electrons. The fourth-order valence-electron chi connectivity index (χ4n) is 2.88. The smallest absolute Gasteiger partial charge is 0.307 e. The van der Waals surface area contributed by atoms with Crippen LogP contribution in [-0.4, -0.2) is 17.0 Å². The predicted octanol–water partition coefficient (Wildman–Crippen LogP) is 3.69. The molecule has 22 heavy (non-hydrogen) atoms. The Morgan fingerprint density at radius 3 is 2.14 bits per heavy atom. The van der Waals surface area contributed by atoms with Gasteiger partial charge in [-0.15, -0.1) is 0 Å². The molecule has 4 heteroatoms. The van der Waals surface area contributed by atoms with E-state index in [1.807, 2.05) is 45.9 Å². The van der Waals surface area contributed by atoms with Crippen LogP contribution in [0.25, 0.3) is 0 Å². The van der Waals surface area contributed by atoms with E-state index in [1.165, 1.54) is 0 Å². The van der Waals surface area contributed by atoms with Gasteiger partial charge >= 0.3 is 5.97 Å². The SMILES string of the molecule is CC1=C(C)C[C@@H](C(=O)Nc2ccc(C)c(C)c2)[C@@H](C(=O)O)C1. The van der Waals surface area contributed by atoms with Gasteiger partial charge < -0.3 is 10.4 Å². The fourth-order valence-corrected chi connectivity index (χ4v) is 2.88. The summed E-state index contributed by atoms with van der Waals surface area (Å²) >= 11 is 0. The van der Waals surface area contributed by atoms with E-state index in [1.54, 1.807) is 0 Å². The zero-order valence-electron chi connectivity index (χ0n) is 13.6. The van der Waals surface area contributed by atoms with Crippen molar-refractivity contribution >= 4 is 17.6 Å². The van der Waals surface area contributed by atoms with Crippen molar-refractivity contribution in [2.75, 3.05) is 5.32 Å². The van der Waals surface area contributed by atoms with Crippen molar-refractivity contribution in [3.05, 3.63) is 40.5 Å². The van der Waals surface area contributed by atoms with Crippen molar-refractivity contribution in [3.8, 4) is 0 Å².